The average Bonchev–Trinajstić information content (AvgIpc) is 2.51. The van der Waals surface area contributed by atoms with Gasteiger partial charge in [-0.1, -0.05) is 6.92 Å². The van der Waals surface area contributed by atoms with Gasteiger partial charge in [-0.05, 0) is 37.6 Å². The van der Waals surface area contributed by atoms with Crippen molar-refractivity contribution in [3.05, 3.63) is 24.3 Å². The molecule has 0 aliphatic carbocycles. The first-order chi connectivity index (χ1) is 10.9. The summed E-state index contributed by atoms with van der Waals surface area (Å²) in [6, 6.07) is 6.68. The monoisotopic (exact) mass is 337 g/mol. The van der Waals surface area contributed by atoms with E-state index < -0.39 is 6.04 Å². The van der Waals surface area contributed by atoms with Gasteiger partial charge in [-0.2, -0.15) is 0 Å². The Kier molecular flexibility index (Phi) is 8.18. The highest BCUT2D eigenvalue weighted by atomic mass is 32.2. The summed E-state index contributed by atoms with van der Waals surface area (Å²) in [6.45, 7) is 5.69. The van der Waals surface area contributed by atoms with Crippen molar-refractivity contribution >= 4 is 35.2 Å². The molecule has 0 aliphatic rings. The molecule has 0 spiro atoms. The number of anilines is 1. The smallest absolute Gasteiger partial charge is 0.242 e. The summed E-state index contributed by atoms with van der Waals surface area (Å²) in [4.78, 5) is 35.4. The fraction of sp³-hybridized carbons (Fsp3) is 0.438. The van der Waals surface area contributed by atoms with Crippen LogP contribution in [-0.4, -0.2) is 36.1 Å². The molecule has 7 heteroatoms. The summed E-state index contributed by atoms with van der Waals surface area (Å²) in [7, 11) is 0. The Bertz CT molecular complexity index is 546. The predicted octanol–water partition coefficient (Wildman–Crippen LogP) is 1.77. The topological polar surface area (TPSA) is 87.3 Å². The lowest BCUT2D eigenvalue weighted by Crippen LogP contribution is -2.45. The molecule has 126 valence electrons. The molecular weight excluding hydrogens is 314 g/mol. The van der Waals surface area contributed by atoms with E-state index in [0.29, 0.717) is 12.2 Å². The summed E-state index contributed by atoms with van der Waals surface area (Å²) in [5.74, 6) is -0.268. The number of benzene rings is 1. The average molecular weight is 337 g/mol. The zero-order chi connectivity index (χ0) is 17.2. The summed E-state index contributed by atoms with van der Waals surface area (Å²) >= 11 is 1.37. The van der Waals surface area contributed by atoms with Gasteiger partial charge in [0.2, 0.25) is 17.7 Å². The van der Waals surface area contributed by atoms with Gasteiger partial charge in [0.15, 0.2) is 0 Å². The van der Waals surface area contributed by atoms with Crippen LogP contribution in [0.2, 0.25) is 0 Å². The Labute approximate surface area is 140 Å². The molecule has 23 heavy (non-hydrogen) atoms. The van der Waals surface area contributed by atoms with Crippen LogP contribution in [0.5, 0.6) is 0 Å². The van der Waals surface area contributed by atoms with Crippen molar-refractivity contribution in [2.75, 3.05) is 17.6 Å². The minimum atomic E-state index is -0.545. The third kappa shape index (κ3) is 7.69. The number of hydrogen-bond donors (Lipinski definition) is 3. The maximum Gasteiger partial charge on any atom is 0.242 e. The van der Waals surface area contributed by atoms with Crippen LogP contribution in [-0.2, 0) is 14.4 Å². The molecule has 0 fully saturated rings. The van der Waals surface area contributed by atoms with E-state index in [9.17, 15) is 14.4 Å². The zero-order valence-corrected chi connectivity index (χ0v) is 14.5. The van der Waals surface area contributed by atoms with E-state index in [4.69, 9.17) is 0 Å². The van der Waals surface area contributed by atoms with Crippen molar-refractivity contribution in [1.82, 2.24) is 10.6 Å². The molecule has 0 bridgehead atoms. The van der Waals surface area contributed by atoms with Crippen LogP contribution in [0, 0.1) is 0 Å². The Morgan fingerprint density at radius 2 is 1.83 bits per heavy atom. The van der Waals surface area contributed by atoms with Crippen molar-refractivity contribution in [3.63, 3.8) is 0 Å². The molecule has 1 aromatic carbocycles. The molecule has 0 unspecified atom stereocenters. The van der Waals surface area contributed by atoms with Crippen LogP contribution in [0.4, 0.5) is 5.69 Å². The number of carbonyl (C=O) groups is 3. The molecule has 0 aromatic heterocycles. The largest absolute Gasteiger partial charge is 0.354 e. The second-order valence-electron chi connectivity index (χ2n) is 5.07. The number of thioether (sulfide) groups is 1. The number of rotatable bonds is 8. The minimum absolute atomic E-state index is 0.125. The predicted molar refractivity (Wildman–Crippen MR) is 92.4 cm³/mol. The lowest BCUT2D eigenvalue weighted by Gasteiger charge is -2.13. The van der Waals surface area contributed by atoms with Crippen LogP contribution in [0.15, 0.2) is 29.2 Å². The van der Waals surface area contributed by atoms with Crippen LogP contribution >= 0.6 is 11.8 Å². The van der Waals surface area contributed by atoms with E-state index >= 15 is 0 Å². The molecule has 0 radical (unpaired) electrons. The van der Waals surface area contributed by atoms with Gasteiger partial charge in [0, 0.05) is 24.1 Å². The van der Waals surface area contributed by atoms with Crippen molar-refractivity contribution in [1.29, 1.82) is 0 Å². The molecule has 6 nitrogen and oxygen atoms in total. The van der Waals surface area contributed by atoms with Gasteiger partial charge < -0.3 is 16.0 Å². The summed E-state index contributed by atoms with van der Waals surface area (Å²) < 4.78 is 0. The lowest BCUT2D eigenvalue weighted by atomic mass is 10.3. The van der Waals surface area contributed by atoms with Crippen LogP contribution in [0.3, 0.4) is 0 Å². The summed E-state index contributed by atoms with van der Waals surface area (Å²) in [5, 5.41) is 8.09. The molecule has 1 rings (SSSR count). The molecule has 3 amide bonds. The lowest BCUT2D eigenvalue weighted by molar-refractivity contribution is -0.127. The molecule has 0 heterocycles. The standard InChI is InChI=1S/C16H23N3O3S/c1-4-9-17-16(22)11(2)18-15(21)10-23-14-7-5-13(6-8-14)19-12(3)20/h5-8,11H,4,9-10H2,1-3H3,(H,17,22)(H,18,21)(H,19,20)/t11-/m0/s1. The molecule has 1 atom stereocenters. The first kappa shape index (κ1) is 19.0. The van der Waals surface area contributed by atoms with Gasteiger partial charge >= 0.3 is 0 Å². The molecule has 0 aliphatic heterocycles. The van der Waals surface area contributed by atoms with E-state index in [-0.39, 0.29) is 23.5 Å². The van der Waals surface area contributed by atoms with E-state index in [1.54, 1.807) is 19.1 Å². The second kappa shape index (κ2) is 9.89. The highest BCUT2D eigenvalue weighted by Crippen LogP contribution is 2.20. The van der Waals surface area contributed by atoms with Crippen LogP contribution < -0.4 is 16.0 Å². The highest BCUT2D eigenvalue weighted by Gasteiger charge is 2.14. The van der Waals surface area contributed by atoms with Crippen molar-refractivity contribution in [3.8, 4) is 0 Å². The number of amides is 3. The van der Waals surface area contributed by atoms with E-state index in [1.807, 2.05) is 19.1 Å². The Morgan fingerprint density at radius 1 is 1.17 bits per heavy atom. The van der Waals surface area contributed by atoms with Crippen molar-refractivity contribution < 1.29 is 14.4 Å². The maximum absolute atomic E-state index is 11.8. The second-order valence-corrected chi connectivity index (χ2v) is 6.12. The maximum atomic E-state index is 11.8. The first-order valence-corrected chi connectivity index (χ1v) is 8.48. The Morgan fingerprint density at radius 3 is 2.39 bits per heavy atom. The van der Waals surface area contributed by atoms with Gasteiger partial charge in [-0.15, -0.1) is 11.8 Å². The highest BCUT2D eigenvalue weighted by molar-refractivity contribution is 8.00. The normalized spacial score (nSPS) is 11.4. The number of nitrogens with one attached hydrogen (secondary N) is 3. The third-order valence-electron chi connectivity index (χ3n) is 2.86. The van der Waals surface area contributed by atoms with E-state index in [1.165, 1.54) is 18.7 Å². The van der Waals surface area contributed by atoms with Gasteiger partial charge in [-0.25, -0.2) is 0 Å². The fourth-order valence-electron chi connectivity index (χ4n) is 1.74. The molecule has 3 N–H and O–H groups in total. The van der Waals surface area contributed by atoms with Gasteiger partial charge in [0.05, 0.1) is 5.75 Å². The van der Waals surface area contributed by atoms with Gasteiger partial charge in [0.1, 0.15) is 6.04 Å². The van der Waals surface area contributed by atoms with Gasteiger partial charge in [-0.3, -0.25) is 14.4 Å². The molecule has 0 saturated carbocycles. The van der Waals surface area contributed by atoms with Crippen molar-refractivity contribution in [2.45, 2.75) is 38.1 Å². The SMILES string of the molecule is CCCNC(=O)[C@H](C)NC(=O)CSc1ccc(NC(C)=O)cc1. The zero-order valence-electron chi connectivity index (χ0n) is 13.6. The number of carbonyl (C=O) groups excluding carboxylic acids is 3. The third-order valence-corrected chi connectivity index (χ3v) is 3.88. The quantitative estimate of drug-likeness (QED) is 0.631. The molecule has 0 saturated heterocycles. The Balaban J connectivity index is 2.38. The minimum Gasteiger partial charge on any atom is -0.354 e. The fourth-order valence-corrected chi connectivity index (χ4v) is 2.45. The van der Waals surface area contributed by atoms with Crippen molar-refractivity contribution in [2.24, 2.45) is 0 Å². The Hall–Kier alpha value is -2.02. The van der Waals surface area contributed by atoms with Gasteiger partial charge in [0.25, 0.3) is 0 Å². The van der Waals surface area contributed by atoms with E-state index in [0.717, 1.165) is 11.3 Å². The molecule has 1 aromatic rings. The molecular formula is C16H23N3O3S. The summed E-state index contributed by atoms with van der Waals surface area (Å²) in [6.07, 6.45) is 0.858. The summed E-state index contributed by atoms with van der Waals surface area (Å²) in [5.41, 5.74) is 0.715. The first-order valence-electron chi connectivity index (χ1n) is 7.50. The van der Waals surface area contributed by atoms with Crippen LogP contribution in [0.1, 0.15) is 27.2 Å². The van der Waals surface area contributed by atoms with E-state index in [2.05, 4.69) is 16.0 Å². The van der Waals surface area contributed by atoms with Crippen LogP contribution in [0.25, 0.3) is 0 Å². The number of hydrogen-bond acceptors (Lipinski definition) is 4.